The number of hydrogen-bond acceptors (Lipinski definition) is 3. The highest BCUT2D eigenvalue weighted by Gasteiger charge is 2.30. The lowest BCUT2D eigenvalue weighted by atomic mass is 10.0. The fraction of sp³-hybridized carbons (Fsp3) is 0.350. The van der Waals surface area contributed by atoms with Gasteiger partial charge in [-0.25, -0.2) is 0 Å². The molecule has 1 aliphatic heterocycles. The van der Waals surface area contributed by atoms with E-state index in [0.717, 1.165) is 16.7 Å². The Morgan fingerprint density at radius 1 is 1.32 bits per heavy atom. The van der Waals surface area contributed by atoms with Gasteiger partial charge in [0.2, 0.25) is 0 Å². The van der Waals surface area contributed by atoms with E-state index in [1.54, 1.807) is 6.07 Å². The van der Waals surface area contributed by atoms with E-state index >= 15 is 0 Å². The Hall–Kier alpha value is -1.86. The number of ether oxygens (including phenoxy) is 1. The summed E-state index contributed by atoms with van der Waals surface area (Å²) < 4.78 is 30.5. The van der Waals surface area contributed by atoms with Gasteiger partial charge in [-0.1, -0.05) is 22.9 Å². The number of anilines is 2. The van der Waals surface area contributed by atoms with Crippen LogP contribution < -0.4 is 15.0 Å². The number of nitrogens with one attached hydrogen (secondary N) is 1. The minimum absolute atomic E-state index is 0.0974. The number of rotatable bonds is 5. The second kappa shape index (κ2) is 7.87. The number of alkyl halides is 3. The van der Waals surface area contributed by atoms with Gasteiger partial charge >= 0.3 is 5.57 Å². The maximum atomic E-state index is 12.7. The molecule has 8 heteroatoms. The molecule has 0 saturated carbocycles. The first kappa shape index (κ1) is 20.9. The number of hydrogen-bond donors (Lipinski definition) is 1. The summed E-state index contributed by atoms with van der Waals surface area (Å²) in [5, 5.41) is 2.77. The molecule has 1 atom stereocenters. The molecular weight excluding hydrogens is 454 g/mol. The first-order valence-electron chi connectivity index (χ1n) is 8.82. The van der Waals surface area contributed by atoms with Crippen molar-refractivity contribution < 1.29 is 18.3 Å². The highest BCUT2D eigenvalue weighted by atomic mass is 79.9. The van der Waals surface area contributed by atoms with E-state index in [4.69, 9.17) is 11.6 Å². The second-order valence-corrected chi connectivity index (χ2v) is 8.36. The van der Waals surface area contributed by atoms with Crippen molar-refractivity contribution in [1.29, 1.82) is 0 Å². The molecule has 4 nitrogen and oxygen atoms in total. The molecule has 0 radical (unpaired) electrons. The molecular formula is C20H20BrClF2N2O2. The molecule has 0 aromatic heterocycles. The van der Waals surface area contributed by atoms with Crippen molar-refractivity contribution >= 4 is 44.8 Å². The highest BCUT2D eigenvalue weighted by molar-refractivity contribution is 9.10. The van der Waals surface area contributed by atoms with Crippen LogP contribution in [0.3, 0.4) is 0 Å². The lowest BCUT2D eigenvalue weighted by Crippen LogP contribution is -2.29. The van der Waals surface area contributed by atoms with Crippen LogP contribution >= 0.6 is 27.5 Å². The van der Waals surface area contributed by atoms with Gasteiger partial charge in [-0.3, -0.25) is 4.79 Å². The van der Waals surface area contributed by atoms with Gasteiger partial charge in [-0.15, -0.1) is 8.78 Å². The van der Waals surface area contributed by atoms with Crippen LogP contribution in [0.25, 0.3) is 0 Å². The fourth-order valence-electron chi connectivity index (χ4n) is 3.38. The summed E-state index contributed by atoms with van der Waals surface area (Å²) in [6, 6.07) is 9.59. The van der Waals surface area contributed by atoms with Crippen molar-refractivity contribution in [1.82, 2.24) is 0 Å². The molecule has 150 valence electrons. The molecule has 1 unspecified atom stereocenters. The minimum atomic E-state index is -3.78. The number of carbonyl (C=O) groups excluding carboxylic acids is 1. The smallest absolute Gasteiger partial charge is 0.420 e. The molecule has 1 amide bonds. The van der Waals surface area contributed by atoms with Crippen molar-refractivity contribution in [2.24, 2.45) is 0 Å². The first-order chi connectivity index (χ1) is 13.0. The molecule has 0 bridgehead atoms. The molecule has 1 N–H and O–H groups in total. The number of halogens is 4. The monoisotopic (exact) mass is 472 g/mol. The number of carbonyl (C=O) groups is 1. The average molecular weight is 474 g/mol. The third-order valence-electron chi connectivity index (χ3n) is 4.61. The van der Waals surface area contributed by atoms with E-state index in [9.17, 15) is 13.6 Å². The van der Waals surface area contributed by atoms with E-state index in [1.165, 1.54) is 29.8 Å². The molecule has 0 fully saturated rings. The standard InChI is InChI=1S/C20H20BrClF2N2O2/c1-11(2)26-10-12(3)18-16(21)8-13(9-17(18)26)19(27)25-14-4-6-15(7-5-14)28-20(22,23)24/h4-9,11-12H,10H2,1-3H3,(H,25,27). The van der Waals surface area contributed by atoms with Crippen LogP contribution in [0.2, 0.25) is 0 Å². The van der Waals surface area contributed by atoms with Gasteiger partial charge in [0, 0.05) is 51.5 Å². The topological polar surface area (TPSA) is 41.6 Å². The molecule has 1 heterocycles. The van der Waals surface area contributed by atoms with Gasteiger partial charge in [0.25, 0.3) is 5.91 Å². The third kappa shape index (κ3) is 4.58. The van der Waals surface area contributed by atoms with E-state index in [1.807, 2.05) is 6.07 Å². The maximum Gasteiger partial charge on any atom is 0.487 e. The van der Waals surface area contributed by atoms with E-state index in [2.05, 4.69) is 51.7 Å². The Morgan fingerprint density at radius 3 is 2.54 bits per heavy atom. The van der Waals surface area contributed by atoms with Gasteiger partial charge in [-0.2, -0.15) is 0 Å². The SMILES string of the molecule is CC1CN(C(C)C)c2cc(C(=O)Nc3ccc(OC(F)(F)Cl)cc3)cc(Br)c21. The number of benzene rings is 2. The van der Waals surface area contributed by atoms with Gasteiger partial charge in [0.15, 0.2) is 0 Å². The summed E-state index contributed by atoms with van der Waals surface area (Å²) in [4.78, 5) is 15.0. The zero-order valence-corrected chi connectivity index (χ0v) is 17.9. The van der Waals surface area contributed by atoms with Crippen molar-refractivity contribution in [3.8, 4) is 5.75 Å². The minimum Gasteiger partial charge on any atom is -0.420 e. The highest BCUT2D eigenvalue weighted by Crippen LogP contribution is 2.42. The van der Waals surface area contributed by atoms with E-state index in [0.29, 0.717) is 23.2 Å². The van der Waals surface area contributed by atoms with E-state index in [-0.39, 0.29) is 11.7 Å². The summed E-state index contributed by atoms with van der Waals surface area (Å²) in [7, 11) is 0. The third-order valence-corrected chi connectivity index (χ3v) is 5.35. The van der Waals surface area contributed by atoms with Crippen LogP contribution in [0.15, 0.2) is 40.9 Å². The van der Waals surface area contributed by atoms with E-state index < -0.39 is 5.57 Å². The van der Waals surface area contributed by atoms with Crippen LogP contribution in [0, 0.1) is 0 Å². The Kier molecular flexibility index (Phi) is 5.87. The van der Waals surface area contributed by atoms with Crippen molar-refractivity contribution in [3.05, 3.63) is 52.0 Å². The predicted octanol–water partition coefficient (Wildman–Crippen LogP) is 6.20. The van der Waals surface area contributed by atoms with Gasteiger partial charge in [-0.05, 0) is 55.8 Å². The molecule has 0 aliphatic carbocycles. The predicted molar refractivity (Wildman–Crippen MR) is 111 cm³/mol. The molecule has 2 aromatic rings. The van der Waals surface area contributed by atoms with Crippen LogP contribution in [0.1, 0.15) is 42.6 Å². The lowest BCUT2D eigenvalue weighted by Gasteiger charge is -2.24. The lowest BCUT2D eigenvalue weighted by molar-refractivity contribution is -0.0964. The summed E-state index contributed by atoms with van der Waals surface area (Å²) in [6.07, 6.45) is 0. The largest absolute Gasteiger partial charge is 0.487 e. The molecule has 3 rings (SSSR count). The quantitative estimate of drug-likeness (QED) is 0.526. The summed E-state index contributed by atoms with van der Waals surface area (Å²) >= 11 is 8.34. The Balaban J connectivity index is 1.80. The second-order valence-electron chi connectivity index (χ2n) is 7.06. The van der Waals surface area contributed by atoms with Crippen molar-refractivity contribution in [2.45, 2.75) is 38.3 Å². The zero-order valence-electron chi connectivity index (χ0n) is 15.6. The summed E-state index contributed by atoms with van der Waals surface area (Å²) in [5.41, 5.74) is -0.552. The normalized spacial score (nSPS) is 16.3. The average Bonchev–Trinajstić information content (AvgIpc) is 2.93. The van der Waals surface area contributed by atoms with Gasteiger partial charge in [0.1, 0.15) is 5.75 Å². The molecule has 2 aromatic carbocycles. The van der Waals surface area contributed by atoms with Crippen LogP contribution in [-0.4, -0.2) is 24.1 Å². The van der Waals surface area contributed by atoms with Crippen molar-refractivity contribution in [3.63, 3.8) is 0 Å². The van der Waals surface area contributed by atoms with Gasteiger partial charge < -0.3 is 15.0 Å². The molecule has 28 heavy (non-hydrogen) atoms. The molecule has 1 aliphatic rings. The Labute approximate surface area is 175 Å². The number of amides is 1. The molecule has 0 spiro atoms. The van der Waals surface area contributed by atoms with Gasteiger partial charge in [0.05, 0.1) is 0 Å². The van der Waals surface area contributed by atoms with Crippen molar-refractivity contribution in [2.75, 3.05) is 16.8 Å². The van der Waals surface area contributed by atoms with Crippen LogP contribution in [0.5, 0.6) is 5.75 Å². The zero-order chi connectivity index (χ0) is 20.6. The summed E-state index contributed by atoms with van der Waals surface area (Å²) in [6.45, 7) is 7.32. The maximum absolute atomic E-state index is 12.7. The molecule has 0 saturated heterocycles. The Bertz CT molecular complexity index is 885. The van der Waals surface area contributed by atoms with Crippen LogP contribution in [-0.2, 0) is 0 Å². The first-order valence-corrected chi connectivity index (χ1v) is 9.99. The summed E-state index contributed by atoms with van der Waals surface area (Å²) in [5.74, 6) is -0.0144. The number of fused-ring (bicyclic) bond motifs is 1. The van der Waals surface area contributed by atoms with Crippen LogP contribution in [0.4, 0.5) is 20.2 Å². The fourth-order valence-corrected chi connectivity index (χ4v) is 4.31. The Morgan fingerprint density at radius 2 is 1.96 bits per heavy atom. The number of nitrogens with zero attached hydrogens (tertiary/aromatic N) is 1.